The number of aryl methyl sites for hydroxylation is 2. The van der Waals surface area contributed by atoms with Crippen LogP contribution in [0.25, 0.3) is 11.4 Å². The standard InChI is InChI=1S/C21H21ClN4O2/c1-13-5-10-17(12-14(13)2)23-21(27)26-11-3-4-18(26)20-24-19(25-28-20)15-6-8-16(22)9-7-15/h5-10,12,18H,3-4,11H2,1-2H3,(H,23,27)/t18-/m0/s1. The summed E-state index contributed by atoms with van der Waals surface area (Å²) in [5, 5.41) is 7.70. The van der Waals surface area contributed by atoms with Crippen LogP contribution in [0.3, 0.4) is 0 Å². The molecule has 0 unspecified atom stereocenters. The molecule has 6 nitrogen and oxygen atoms in total. The third-order valence-corrected chi connectivity index (χ3v) is 5.35. The first kappa shape index (κ1) is 18.5. The van der Waals surface area contributed by atoms with Crippen LogP contribution in [-0.4, -0.2) is 27.6 Å². The van der Waals surface area contributed by atoms with Crippen molar-refractivity contribution in [3.05, 3.63) is 64.5 Å². The van der Waals surface area contributed by atoms with Gasteiger partial charge in [-0.15, -0.1) is 0 Å². The van der Waals surface area contributed by atoms with Gasteiger partial charge in [-0.1, -0.05) is 22.8 Å². The summed E-state index contributed by atoms with van der Waals surface area (Å²) in [6, 6.07) is 12.8. The first-order valence-electron chi connectivity index (χ1n) is 9.25. The lowest BCUT2D eigenvalue weighted by Crippen LogP contribution is -2.34. The van der Waals surface area contributed by atoms with Crippen molar-refractivity contribution in [3.8, 4) is 11.4 Å². The van der Waals surface area contributed by atoms with E-state index in [9.17, 15) is 4.79 Å². The lowest BCUT2D eigenvalue weighted by atomic mass is 10.1. The number of amides is 2. The molecule has 2 heterocycles. The summed E-state index contributed by atoms with van der Waals surface area (Å²) in [5.74, 6) is 0.950. The Balaban J connectivity index is 1.51. The second kappa shape index (κ2) is 7.64. The second-order valence-electron chi connectivity index (χ2n) is 7.04. The number of halogens is 1. The largest absolute Gasteiger partial charge is 0.337 e. The fraction of sp³-hybridized carbons (Fsp3) is 0.286. The summed E-state index contributed by atoms with van der Waals surface area (Å²) < 4.78 is 5.48. The van der Waals surface area contributed by atoms with Gasteiger partial charge >= 0.3 is 6.03 Å². The van der Waals surface area contributed by atoms with E-state index in [1.54, 1.807) is 17.0 Å². The number of rotatable bonds is 3. The Morgan fingerprint density at radius 3 is 2.71 bits per heavy atom. The number of benzene rings is 2. The molecule has 0 radical (unpaired) electrons. The van der Waals surface area contributed by atoms with Crippen molar-refractivity contribution >= 4 is 23.3 Å². The number of nitrogens with zero attached hydrogens (tertiary/aromatic N) is 3. The summed E-state index contributed by atoms with van der Waals surface area (Å²) in [7, 11) is 0. The van der Waals surface area contributed by atoms with Gasteiger partial charge < -0.3 is 14.7 Å². The molecule has 1 aliphatic rings. The maximum Gasteiger partial charge on any atom is 0.322 e. The molecule has 1 aromatic heterocycles. The topological polar surface area (TPSA) is 71.3 Å². The van der Waals surface area contributed by atoms with E-state index < -0.39 is 0 Å². The van der Waals surface area contributed by atoms with Crippen molar-refractivity contribution in [3.63, 3.8) is 0 Å². The van der Waals surface area contributed by atoms with Crippen LogP contribution in [0.5, 0.6) is 0 Å². The van der Waals surface area contributed by atoms with E-state index in [1.165, 1.54) is 5.56 Å². The highest BCUT2D eigenvalue weighted by molar-refractivity contribution is 6.30. The summed E-state index contributed by atoms with van der Waals surface area (Å²) in [4.78, 5) is 19.1. The molecule has 28 heavy (non-hydrogen) atoms. The van der Waals surface area contributed by atoms with E-state index in [0.717, 1.165) is 29.7 Å². The first-order chi connectivity index (χ1) is 13.5. The number of aromatic nitrogens is 2. The maximum absolute atomic E-state index is 12.8. The van der Waals surface area contributed by atoms with Crippen LogP contribution in [0.4, 0.5) is 10.5 Å². The highest BCUT2D eigenvalue weighted by atomic mass is 35.5. The predicted molar refractivity (Wildman–Crippen MR) is 108 cm³/mol. The van der Waals surface area contributed by atoms with E-state index in [0.29, 0.717) is 23.3 Å². The minimum absolute atomic E-state index is 0.156. The molecule has 1 atom stereocenters. The predicted octanol–water partition coefficient (Wildman–Crippen LogP) is 5.38. The lowest BCUT2D eigenvalue weighted by molar-refractivity contribution is 0.193. The van der Waals surface area contributed by atoms with Crippen LogP contribution in [0.2, 0.25) is 5.02 Å². The van der Waals surface area contributed by atoms with Crippen LogP contribution >= 0.6 is 11.6 Å². The number of hydrogen-bond acceptors (Lipinski definition) is 4. The van der Waals surface area contributed by atoms with Gasteiger partial charge in [0.2, 0.25) is 11.7 Å². The fourth-order valence-electron chi connectivity index (χ4n) is 3.37. The average molecular weight is 397 g/mol. The lowest BCUT2D eigenvalue weighted by Gasteiger charge is -2.22. The molecule has 0 spiro atoms. The van der Waals surface area contributed by atoms with Gasteiger partial charge in [0.25, 0.3) is 0 Å². The van der Waals surface area contributed by atoms with Gasteiger partial charge in [-0.3, -0.25) is 0 Å². The number of anilines is 1. The zero-order valence-corrected chi connectivity index (χ0v) is 16.5. The highest BCUT2D eigenvalue weighted by Crippen LogP contribution is 2.32. The average Bonchev–Trinajstić information content (AvgIpc) is 3.34. The van der Waals surface area contributed by atoms with Crippen LogP contribution in [0, 0.1) is 13.8 Å². The molecule has 2 amide bonds. The zero-order chi connectivity index (χ0) is 19.7. The third-order valence-electron chi connectivity index (χ3n) is 5.10. The van der Waals surface area contributed by atoms with E-state index in [4.69, 9.17) is 16.1 Å². The van der Waals surface area contributed by atoms with Crippen molar-refractivity contribution in [2.75, 3.05) is 11.9 Å². The molecule has 1 N–H and O–H groups in total. The Kier molecular flexibility index (Phi) is 5.05. The van der Waals surface area contributed by atoms with Crippen LogP contribution < -0.4 is 5.32 Å². The van der Waals surface area contributed by atoms with Crippen molar-refractivity contribution < 1.29 is 9.32 Å². The number of hydrogen-bond donors (Lipinski definition) is 1. The van der Waals surface area contributed by atoms with E-state index in [1.807, 2.05) is 44.2 Å². The Bertz CT molecular complexity index is 1000. The Labute approximate surface area is 168 Å². The summed E-state index contributed by atoms with van der Waals surface area (Å²) in [5.41, 5.74) is 3.94. The molecular weight excluding hydrogens is 376 g/mol. The number of nitrogens with one attached hydrogen (secondary N) is 1. The van der Waals surface area contributed by atoms with Crippen LogP contribution in [0.15, 0.2) is 47.0 Å². The summed E-state index contributed by atoms with van der Waals surface area (Å²) in [6.07, 6.45) is 1.69. The zero-order valence-electron chi connectivity index (χ0n) is 15.8. The van der Waals surface area contributed by atoms with Gasteiger partial charge in [0.15, 0.2) is 0 Å². The molecule has 4 rings (SSSR count). The third kappa shape index (κ3) is 3.73. The number of carbonyl (C=O) groups excluding carboxylic acids is 1. The molecule has 0 saturated carbocycles. The maximum atomic E-state index is 12.8. The number of likely N-dealkylation sites (tertiary alicyclic amines) is 1. The smallest absolute Gasteiger partial charge is 0.322 e. The van der Waals surface area contributed by atoms with E-state index in [-0.39, 0.29) is 12.1 Å². The number of carbonyl (C=O) groups is 1. The van der Waals surface area contributed by atoms with Gasteiger partial charge in [-0.05, 0) is 74.2 Å². The van der Waals surface area contributed by atoms with Gasteiger partial charge in [-0.2, -0.15) is 4.98 Å². The van der Waals surface area contributed by atoms with Crippen LogP contribution in [0.1, 0.15) is 35.9 Å². The molecular formula is C21H21ClN4O2. The van der Waals surface area contributed by atoms with Gasteiger partial charge in [0, 0.05) is 22.8 Å². The van der Waals surface area contributed by atoms with Crippen LogP contribution in [-0.2, 0) is 0 Å². The quantitative estimate of drug-likeness (QED) is 0.645. The van der Waals surface area contributed by atoms with E-state index >= 15 is 0 Å². The summed E-state index contributed by atoms with van der Waals surface area (Å²) in [6.45, 7) is 4.73. The molecule has 2 aromatic carbocycles. The van der Waals surface area contributed by atoms with Gasteiger partial charge in [-0.25, -0.2) is 4.79 Å². The van der Waals surface area contributed by atoms with E-state index in [2.05, 4.69) is 15.5 Å². The first-order valence-corrected chi connectivity index (χ1v) is 9.63. The molecule has 1 saturated heterocycles. The molecule has 7 heteroatoms. The van der Waals surface area contributed by atoms with Crippen molar-refractivity contribution in [2.24, 2.45) is 0 Å². The Morgan fingerprint density at radius 1 is 1.18 bits per heavy atom. The SMILES string of the molecule is Cc1ccc(NC(=O)N2CCC[C@H]2c2nc(-c3ccc(Cl)cc3)no2)cc1C. The fourth-order valence-corrected chi connectivity index (χ4v) is 3.49. The summed E-state index contributed by atoms with van der Waals surface area (Å²) >= 11 is 5.93. The molecule has 3 aromatic rings. The minimum atomic E-state index is -0.222. The molecule has 1 aliphatic heterocycles. The van der Waals surface area contributed by atoms with Gasteiger partial charge in [0.1, 0.15) is 6.04 Å². The molecule has 144 valence electrons. The number of urea groups is 1. The second-order valence-corrected chi connectivity index (χ2v) is 7.48. The Morgan fingerprint density at radius 2 is 1.96 bits per heavy atom. The Hall–Kier alpha value is -2.86. The molecule has 0 bridgehead atoms. The van der Waals surface area contributed by atoms with Crippen molar-refractivity contribution in [2.45, 2.75) is 32.7 Å². The normalized spacial score (nSPS) is 16.4. The minimum Gasteiger partial charge on any atom is -0.337 e. The highest BCUT2D eigenvalue weighted by Gasteiger charge is 2.34. The monoisotopic (exact) mass is 396 g/mol. The molecule has 1 fully saturated rings. The molecule has 0 aliphatic carbocycles. The van der Waals surface area contributed by atoms with Crippen molar-refractivity contribution in [1.82, 2.24) is 15.0 Å². The van der Waals surface area contributed by atoms with Crippen molar-refractivity contribution in [1.29, 1.82) is 0 Å². The van der Waals surface area contributed by atoms with Gasteiger partial charge in [0.05, 0.1) is 0 Å².